The van der Waals surface area contributed by atoms with Gasteiger partial charge in [0.05, 0.1) is 25.1 Å². The lowest BCUT2D eigenvalue weighted by atomic mass is 10.4. The van der Waals surface area contributed by atoms with E-state index in [0.29, 0.717) is 52.4 Å². The largest absolute Gasteiger partial charge is 0.344 e. The van der Waals surface area contributed by atoms with Crippen molar-refractivity contribution in [3.05, 3.63) is 0 Å². The Balaban J connectivity index is 3.10. The first-order valence-electron chi connectivity index (χ1n) is 10.4. The smallest absolute Gasteiger partial charge is 0.211 e. The van der Waals surface area contributed by atoms with E-state index in [4.69, 9.17) is 0 Å². The maximum Gasteiger partial charge on any atom is 0.211 e. The van der Waals surface area contributed by atoms with Gasteiger partial charge < -0.3 is 19.6 Å². The lowest BCUT2D eigenvalue weighted by molar-refractivity contribution is 0.159. The molecule has 0 aromatic carbocycles. The van der Waals surface area contributed by atoms with Crippen LogP contribution < -0.4 is 0 Å². The van der Waals surface area contributed by atoms with E-state index in [2.05, 4.69) is 0 Å². The molecule has 0 bridgehead atoms. The Kier molecular flexibility index (Phi) is 12.0. The number of hydrogen-bond donors (Lipinski definition) is 4. The van der Waals surface area contributed by atoms with Crippen molar-refractivity contribution in [2.75, 3.05) is 104 Å². The van der Waals surface area contributed by atoms with Crippen LogP contribution in [0.25, 0.3) is 0 Å². The fourth-order valence-electron chi connectivity index (χ4n) is 3.63. The highest BCUT2D eigenvalue weighted by Crippen LogP contribution is 2.39. The molecule has 0 radical (unpaired) electrons. The van der Waals surface area contributed by atoms with Crippen molar-refractivity contribution >= 4 is 29.5 Å². The van der Waals surface area contributed by atoms with Gasteiger partial charge in [-0.05, 0) is 0 Å². The third-order valence-electron chi connectivity index (χ3n) is 4.78. The average molecular weight is 540 g/mol. The molecule has 192 valence electrons. The second kappa shape index (κ2) is 12.5. The molecule has 4 unspecified atom stereocenters. The van der Waals surface area contributed by atoms with Gasteiger partial charge in [-0.1, -0.05) is 0 Å². The Morgan fingerprint density at radius 3 is 0.656 bits per heavy atom. The van der Waals surface area contributed by atoms with E-state index < -0.39 is 29.5 Å². The molecule has 16 heteroatoms. The van der Waals surface area contributed by atoms with Gasteiger partial charge in [-0.2, -0.15) is 0 Å². The van der Waals surface area contributed by atoms with Gasteiger partial charge in [0, 0.05) is 79.0 Å². The normalized spacial score (nSPS) is 27.2. The zero-order valence-electron chi connectivity index (χ0n) is 19.5. The molecule has 1 fully saturated rings. The molecule has 1 rings (SSSR count). The summed E-state index contributed by atoms with van der Waals surface area (Å²) in [6.45, 7) is 8.11. The summed E-state index contributed by atoms with van der Waals surface area (Å²) in [5.74, 6) is 0. The summed E-state index contributed by atoms with van der Waals surface area (Å²) in [5.41, 5.74) is 0. The molecule has 0 aromatic rings. The Morgan fingerprint density at radius 1 is 0.438 bits per heavy atom. The lowest BCUT2D eigenvalue weighted by Crippen LogP contribution is -2.46. The van der Waals surface area contributed by atoms with Crippen LogP contribution >= 0.6 is 29.5 Å². The molecule has 4 atom stereocenters. The van der Waals surface area contributed by atoms with E-state index >= 15 is 0 Å². The highest BCUT2D eigenvalue weighted by atomic mass is 31.2. The minimum Gasteiger partial charge on any atom is -0.344 e. The van der Waals surface area contributed by atoms with Crippen LogP contribution in [0.4, 0.5) is 0 Å². The van der Waals surface area contributed by atoms with Crippen LogP contribution in [-0.4, -0.2) is 143 Å². The molecule has 1 aliphatic heterocycles. The van der Waals surface area contributed by atoms with E-state index in [1.807, 2.05) is 0 Å². The van der Waals surface area contributed by atoms with Gasteiger partial charge in [-0.25, -0.2) is 0 Å². The molecule has 12 nitrogen and oxygen atoms in total. The minimum atomic E-state index is -3.35. The number of hydrogen-bond acceptors (Lipinski definition) is 8. The molecule has 1 heterocycles. The lowest BCUT2D eigenvalue weighted by Gasteiger charge is -2.35. The SMILES string of the molecule is CP(=O)(O)CN1CCN(CP(C)(=O)O)CCN(CP(C)(=O)O)CCN(CP(C)(=O)O)CC1. The Hall–Kier alpha value is 0.600. The van der Waals surface area contributed by atoms with E-state index in [0.717, 1.165) is 0 Å². The highest BCUT2D eigenvalue weighted by molar-refractivity contribution is 7.57. The molecule has 0 spiro atoms. The van der Waals surface area contributed by atoms with Gasteiger partial charge >= 0.3 is 0 Å². The predicted molar refractivity (Wildman–Crippen MR) is 129 cm³/mol. The fourth-order valence-corrected chi connectivity index (χ4v) is 7.73. The quantitative estimate of drug-likeness (QED) is 0.319. The predicted octanol–water partition coefficient (Wildman–Crippen LogP) is 0.639. The van der Waals surface area contributed by atoms with Crippen LogP contribution in [0.2, 0.25) is 0 Å². The van der Waals surface area contributed by atoms with Crippen LogP contribution in [0.15, 0.2) is 0 Å². The Labute approximate surface area is 191 Å². The van der Waals surface area contributed by atoms with Crippen LogP contribution in [0.1, 0.15) is 0 Å². The summed E-state index contributed by atoms with van der Waals surface area (Å²) in [6.07, 6.45) is -0.182. The van der Waals surface area contributed by atoms with Gasteiger partial charge in [-0.15, -0.1) is 0 Å². The molecule has 0 amide bonds. The maximum atomic E-state index is 12.0. The third kappa shape index (κ3) is 16.3. The molecular weight excluding hydrogens is 500 g/mol. The van der Waals surface area contributed by atoms with E-state index in [1.165, 1.54) is 26.7 Å². The highest BCUT2D eigenvalue weighted by Gasteiger charge is 2.25. The first-order valence-corrected chi connectivity index (χ1v) is 19.5. The molecule has 1 saturated heterocycles. The van der Waals surface area contributed by atoms with Crippen molar-refractivity contribution in [3.63, 3.8) is 0 Å². The first-order chi connectivity index (χ1) is 14.3. The van der Waals surface area contributed by atoms with Crippen LogP contribution in [0.5, 0.6) is 0 Å². The van der Waals surface area contributed by atoms with Crippen LogP contribution in [0, 0.1) is 0 Å². The zero-order chi connectivity index (χ0) is 24.8. The van der Waals surface area contributed by atoms with Gasteiger partial charge in [-0.3, -0.25) is 37.9 Å². The van der Waals surface area contributed by atoms with E-state index in [9.17, 15) is 37.8 Å². The number of rotatable bonds is 8. The summed E-state index contributed by atoms with van der Waals surface area (Å²) in [4.78, 5) is 46.7. The van der Waals surface area contributed by atoms with Crippen molar-refractivity contribution in [2.24, 2.45) is 0 Å². The van der Waals surface area contributed by atoms with Gasteiger partial charge in [0.1, 0.15) is 0 Å². The Morgan fingerprint density at radius 2 is 0.562 bits per heavy atom. The second-order valence-electron chi connectivity index (χ2n) is 9.24. The van der Waals surface area contributed by atoms with Crippen LogP contribution in [0.3, 0.4) is 0 Å². The standard InChI is InChI=1S/C16H40N4O8P4/c1-29(21,22)13-17-5-7-18(14-30(2,23)24)9-11-20(16-32(4,27)28)12-10-19(8-6-17)15-31(3,25)26/h5-16H2,1-4H3,(H,21,22)(H,23,24)(H,25,26)(H,27,28). The summed E-state index contributed by atoms with van der Waals surface area (Å²) in [7, 11) is -13.4. The molecule has 0 aliphatic carbocycles. The summed E-state index contributed by atoms with van der Waals surface area (Å²) >= 11 is 0. The topological polar surface area (TPSA) is 162 Å². The van der Waals surface area contributed by atoms with E-state index in [-0.39, 0.29) is 25.1 Å². The Bertz CT molecular complexity index is 632. The zero-order valence-corrected chi connectivity index (χ0v) is 23.1. The summed E-state index contributed by atoms with van der Waals surface area (Å²) in [5, 5.41) is 0. The van der Waals surface area contributed by atoms with Crippen molar-refractivity contribution < 1.29 is 37.8 Å². The van der Waals surface area contributed by atoms with Crippen molar-refractivity contribution in [1.29, 1.82) is 0 Å². The van der Waals surface area contributed by atoms with Crippen LogP contribution in [-0.2, 0) is 18.3 Å². The maximum absolute atomic E-state index is 12.0. The summed E-state index contributed by atoms with van der Waals surface area (Å²) < 4.78 is 48.1. The van der Waals surface area contributed by atoms with Crippen molar-refractivity contribution in [2.45, 2.75) is 0 Å². The average Bonchev–Trinajstić information content (AvgIpc) is 2.52. The molecule has 32 heavy (non-hydrogen) atoms. The molecule has 0 aromatic heterocycles. The van der Waals surface area contributed by atoms with Gasteiger partial charge in [0.15, 0.2) is 0 Å². The molecule has 1 aliphatic rings. The molecule has 4 N–H and O–H groups in total. The van der Waals surface area contributed by atoms with Crippen molar-refractivity contribution in [3.8, 4) is 0 Å². The molecule has 0 saturated carbocycles. The first kappa shape index (κ1) is 30.6. The van der Waals surface area contributed by atoms with Gasteiger partial charge in [0.2, 0.25) is 29.5 Å². The fraction of sp³-hybridized carbons (Fsp3) is 1.00. The van der Waals surface area contributed by atoms with Gasteiger partial charge in [0.25, 0.3) is 0 Å². The summed E-state index contributed by atoms with van der Waals surface area (Å²) in [6, 6.07) is 0. The number of nitrogens with zero attached hydrogens (tertiary/aromatic N) is 4. The second-order valence-corrected chi connectivity index (χ2v) is 18.8. The van der Waals surface area contributed by atoms with Crippen molar-refractivity contribution in [1.82, 2.24) is 19.6 Å². The third-order valence-corrected chi connectivity index (χ3v) is 8.48. The molecular formula is C16H40N4O8P4. The van der Waals surface area contributed by atoms with E-state index in [1.54, 1.807) is 19.6 Å². The monoisotopic (exact) mass is 540 g/mol. The minimum absolute atomic E-state index is 0.0455.